The average molecular weight is 373 g/mol. The third-order valence-electron chi connectivity index (χ3n) is 4.41. The summed E-state index contributed by atoms with van der Waals surface area (Å²) < 4.78 is 1.90. The molecule has 0 fully saturated rings. The molecule has 3 rings (SSSR count). The topological polar surface area (TPSA) is 63.1 Å². The molecule has 0 bridgehead atoms. The minimum absolute atomic E-state index is 0.212. The van der Waals surface area contributed by atoms with Crippen LogP contribution in [0.25, 0.3) is 5.82 Å². The summed E-state index contributed by atoms with van der Waals surface area (Å²) in [5.74, 6) is 4.14. The van der Waals surface area contributed by atoms with Crippen LogP contribution in [0.1, 0.15) is 22.5 Å². The fraction of sp³-hybridized carbons (Fsp3) is 0.227. The van der Waals surface area contributed by atoms with Crippen LogP contribution in [-0.2, 0) is 13.1 Å². The van der Waals surface area contributed by atoms with E-state index in [1.807, 2.05) is 61.0 Å². The van der Waals surface area contributed by atoms with Crippen LogP contribution in [-0.4, -0.2) is 32.0 Å². The molecule has 28 heavy (non-hydrogen) atoms. The number of urea groups is 1. The number of nitrogens with zero attached hydrogens (tertiary/aromatic N) is 4. The minimum atomic E-state index is -0.212. The van der Waals surface area contributed by atoms with Gasteiger partial charge in [0.2, 0.25) is 0 Å². The van der Waals surface area contributed by atoms with Crippen molar-refractivity contribution in [2.75, 3.05) is 6.54 Å². The third-order valence-corrected chi connectivity index (χ3v) is 4.41. The van der Waals surface area contributed by atoms with Gasteiger partial charge < -0.3 is 10.2 Å². The summed E-state index contributed by atoms with van der Waals surface area (Å²) >= 11 is 0. The molecule has 3 aromatic rings. The Labute approximate surface area is 165 Å². The van der Waals surface area contributed by atoms with E-state index in [1.54, 1.807) is 17.3 Å². The lowest BCUT2D eigenvalue weighted by Crippen LogP contribution is -2.39. The molecule has 0 aliphatic carbocycles. The number of hydrogen-bond donors (Lipinski definition) is 1. The van der Waals surface area contributed by atoms with Crippen LogP contribution in [0, 0.1) is 26.2 Å². The quantitative estimate of drug-likeness (QED) is 0.675. The molecule has 1 aromatic carbocycles. The molecule has 0 radical (unpaired) electrons. The highest BCUT2D eigenvalue weighted by atomic mass is 16.2. The predicted octanol–water partition coefficient (Wildman–Crippen LogP) is 3.23. The van der Waals surface area contributed by atoms with Crippen LogP contribution in [0.4, 0.5) is 4.79 Å². The van der Waals surface area contributed by atoms with Gasteiger partial charge in [-0.15, -0.1) is 6.42 Å². The molecule has 2 amide bonds. The molecule has 0 unspecified atom stereocenters. The molecule has 0 atom stereocenters. The molecule has 1 N–H and O–H groups in total. The normalized spacial score (nSPS) is 10.3. The summed E-state index contributed by atoms with van der Waals surface area (Å²) in [6.07, 6.45) is 10.8. The molecular weight excluding hydrogens is 350 g/mol. The van der Waals surface area contributed by atoms with E-state index >= 15 is 0 Å². The summed E-state index contributed by atoms with van der Waals surface area (Å²) in [5.41, 5.74) is 3.11. The lowest BCUT2D eigenvalue weighted by molar-refractivity contribution is 0.201. The number of carbonyl (C=O) groups excluding carboxylic acids is 1. The maximum atomic E-state index is 12.7. The van der Waals surface area contributed by atoms with E-state index < -0.39 is 0 Å². The molecule has 0 aliphatic rings. The first-order valence-corrected chi connectivity index (χ1v) is 9.04. The number of carbonyl (C=O) groups is 1. The van der Waals surface area contributed by atoms with Gasteiger partial charge in [0.25, 0.3) is 0 Å². The Morgan fingerprint density at radius 3 is 2.64 bits per heavy atom. The summed E-state index contributed by atoms with van der Waals surface area (Å²) in [4.78, 5) is 23.0. The van der Waals surface area contributed by atoms with Gasteiger partial charge in [-0.2, -0.15) is 0 Å². The number of hydrogen-bond acceptors (Lipinski definition) is 3. The second kappa shape index (κ2) is 8.87. The number of aromatic nitrogens is 3. The van der Waals surface area contributed by atoms with Gasteiger partial charge in [-0.1, -0.05) is 41.8 Å². The first-order chi connectivity index (χ1) is 13.6. The second-order valence-electron chi connectivity index (χ2n) is 6.54. The molecule has 2 heterocycles. The highest BCUT2D eigenvalue weighted by Gasteiger charge is 2.14. The van der Waals surface area contributed by atoms with Crippen molar-refractivity contribution in [3.05, 3.63) is 77.5 Å². The number of benzene rings is 1. The van der Waals surface area contributed by atoms with Gasteiger partial charge in [-0.3, -0.25) is 4.57 Å². The Morgan fingerprint density at radius 1 is 1.18 bits per heavy atom. The van der Waals surface area contributed by atoms with Gasteiger partial charge in [0.1, 0.15) is 11.6 Å². The number of imidazole rings is 1. The van der Waals surface area contributed by atoms with Crippen molar-refractivity contribution in [1.29, 1.82) is 0 Å². The molecule has 0 aliphatic heterocycles. The molecular formula is C22H23N5O. The number of aryl methyl sites for hydroxylation is 2. The van der Waals surface area contributed by atoms with Crippen LogP contribution in [0.3, 0.4) is 0 Å². The second-order valence-corrected chi connectivity index (χ2v) is 6.54. The minimum Gasteiger partial charge on any atom is -0.334 e. The van der Waals surface area contributed by atoms with E-state index in [-0.39, 0.29) is 12.6 Å². The zero-order valence-corrected chi connectivity index (χ0v) is 16.1. The van der Waals surface area contributed by atoms with Crippen molar-refractivity contribution < 1.29 is 4.79 Å². The van der Waals surface area contributed by atoms with Crippen molar-refractivity contribution >= 4 is 6.03 Å². The number of amides is 2. The van der Waals surface area contributed by atoms with Crippen LogP contribution < -0.4 is 5.32 Å². The number of nitrogens with one attached hydrogen (secondary N) is 1. The Morgan fingerprint density at radius 2 is 1.96 bits per heavy atom. The van der Waals surface area contributed by atoms with Crippen molar-refractivity contribution in [1.82, 2.24) is 24.8 Å². The standard InChI is InChI=1S/C22H23N5O/c1-4-13-26(16-19-9-7-17(2)8-10-19)22(28)25-15-20-6-5-11-24-21(20)27-14-12-23-18(27)3/h1,5-12,14H,13,15-16H2,2-3H3,(H,25,28). The Balaban J connectivity index is 1.71. The molecule has 0 saturated heterocycles. The van der Waals surface area contributed by atoms with Crippen molar-refractivity contribution in [2.45, 2.75) is 26.9 Å². The summed E-state index contributed by atoms with van der Waals surface area (Å²) in [6.45, 7) is 4.97. The largest absolute Gasteiger partial charge is 0.334 e. The van der Waals surface area contributed by atoms with Crippen molar-refractivity contribution in [2.24, 2.45) is 0 Å². The molecule has 2 aromatic heterocycles. The summed E-state index contributed by atoms with van der Waals surface area (Å²) in [6, 6.07) is 11.6. The van der Waals surface area contributed by atoms with E-state index in [0.29, 0.717) is 13.1 Å². The average Bonchev–Trinajstić information content (AvgIpc) is 3.13. The zero-order valence-electron chi connectivity index (χ0n) is 16.1. The SMILES string of the molecule is C#CCN(Cc1ccc(C)cc1)C(=O)NCc1cccnc1-n1ccnc1C. The molecule has 6 nitrogen and oxygen atoms in total. The van der Waals surface area contributed by atoms with E-state index in [9.17, 15) is 4.79 Å². The molecule has 0 spiro atoms. The predicted molar refractivity (Wildman–Crippen MR) is 109 cm³/mol. The molecule has 6 heteroatoms. The van der Waals surface area contributed by atoms with Crippen molar-refractivity contribution in [3.8, 4) is 18.2 Å². The lowest BCUT2D eigenvalue weighted by Gasteiger charge is -2.21. The number of terminal acetylenes is 1. The number of rotatable bonds is 6. The van der Waals surface area contributed by atoms with Gasteiger partial charge in [-0.05, 0) is 25.5 Å². The van der Waals surface area contributed by atoms with Gasteiger partial charge in [0.05, 0.1) is 6.54 Å². The smallest absolute Gasteiger partial charge is 0.318 e. The first kappa shape index (κ1) is 19.2. The van der Waals surface area contributed by atoms with E-state index in [2.05, 4.69) is 21.2 Å². The Hall–Kier alpha value is -3.59. The van der Waals surface area contributed by atoms with Gasteiger partial charge in [0, 0.05) is 37.2 Å². The van der Waals surface area contributed by atoms with Crippen LogP contribution >= 0.6 is 0 Å². The van der Waals surface area contributed by atoms with E-state index in [1.165, 1.54) is 5.56 Å². The third kappa shape index (κ3) is 4.57. The van der Waals surface area contributed by atoms with Gasteiger partial charge >= 0.3 is 6.03 Å². The lowest BCUT2D eigenvalue weighted by atomic mass is 10.1. The summed E-state index contributed by atoms with van der Waals surface area (Å²) in [7, 11) is 0. The monoisotopic (exact) mass is 373 g/mol. The Bertz CT molecular complexity index is 985. The van der Waals surface area contributed by atoms with Gasteiger partial charge in [-0.25, -0.2) is 14.8 Å². The highest BCUT2D eigenvalue weighted by Crippen LogP contribution is 2.13. The van der Waals surface area contributed by atoms with E-state index in [4.69, 9.17) is 6.42 Å². The summed E-state index contributed by atoms with van der Waals surface area (Å²) in [5, 5.41) is 2.95. The molecule has 0 saturated carbocycles. The molecule has 142 valence electrons. The fourth-order valence-electron chi connectivity index (χ4n) is 2.89. The van der Waals surface area contributed by atoms with Crippen LogP contribution in [0.5, 0.6) is 0 Å². The first-order valence-electron chi connectivity index (χ1n) is 9.04. The van der Waals surface area contributed by atoms with Crippen LogP contribution in [0.2, 0.25) is 0 Å². The van der Waals surface area contributed by atoms with Gasteiger partial charge in [0.15, 0.2) is 0 Å². The Kier molecular flexibility index (Phi) is 6.07. The highest BCUT2D eigenvalue weighted by molar-refractivity contribution is 5.74. The van der Waals surface area contributed by atoms with Crippen LogP contribution in [0.15, 0.2) is 55.0 Å². The number of pyridine rings is 1. The maximum absolute atomic E-state index is 12.7. The van der Waals surface area contributed by atoms with E-state index in [0.717, 1.165) is 22.8 Å². The zero-order chi connectivity index (χ0) is 19.9. The maximum Gasteiger partial charge on any atom is 0.318 e. The van der Waals surface area contributed by atoms with Crippen molar-refractivity contribution in [3.63, 3.8) is 0 Å². The fourth-order valence-corrected chi connectivity index (χ4v) is 2.89.